The van der Waals surface area contributed by atoms with Crippen LogP contribution in [0.1, 0.15) is 52.4 Å². The number of hydrogen-bond acceptors (Lipinski definition) is 4. The molecule has 0 radical (unpaired) electrons. The number of nitrogens with zero attached hydrogens (tertiary/aromatic N) is 2. The Morgan fingerprint density at radius 3 is 2.52 bits per heavy atom. The minimum Gasteiger partial charge on any atom is -0.480 e. The fraction of sp³-hybridized carbons (Fsp3) is 0.800. The highest BCUT2D eigenvalue weighted by molar-refractivity contribution is 6.06. The highest BCUT2D eigenvalue weighted by atomic mass is 16.4. The summed E-state index contributed by atoms with van der Waals surface area (Å²) in [6.07, 6.45) is 4.78. The van der Waals surface area contributed by atoms with Crippen molar-refractivity contribution in [2.24, 2.45) is 0 Å². The van der Waals surface area contributed by atoms with Crippen LogP contribution in [0.5, 0.6) is 0 Å². The summed E-state index contributed by atoms with van der Waals surface area (Å²) in [6, 6.07) is -0.601. The van der Waals surface area contributed by atoms with Gasteiger partial charge in [-0.15, -0.1) is 0 Å². The molecule has 1 saturated heterocycles. The lowest BCUT2D eigenvalue weighted by Crippen LogP contribution is -2.49. The molecular weight excluding hydrogens is 272 g/mol. The molecule has 6 nitrogen and oxygen atoms in total. The first kappa shape index (κ1) is 15.9. The maximum atomic E-state index is 12.6. The van der Waals surface area contributed by atoms with Gasteiger partial charge in [0.1, 0.15) is 0 Å². The van der Waals surface area contributed by atoms with Gasteiger partial charge < -0.3 is 5.11 Å². The second-order valence-electron chi connectivity index (χ2n) is 6.08. The Labute approximate surface area is 125 Å². The number of likely N-dealkylation sites (tertiary alicyclic amines) is 1. The molecule has 0 spiro atoms. The third-order valence-electron chi connectivity index (χ3n) is 4.70. The van der Waals surface area contributed by atoms with Gasteiger partial charge in [-0.25, -0.2) is 0 Å². The van der Waals surface area contributed by atoms with E-state index in [0.29, 0.717) is 6.42 Å². The first-order valence-corrected chi connectivity index (χ1v) is 7.79. The normalized spacial score (nSPS) is 25.1. The van der Waals surface area contributed by atoms with Gasteiger partial charge in [0, 0.05) is 12.1 Å². The number of aliphatic carboxylic acids is 1. The number of imide groups is 1. The van der Waals surface area contributed by atoms with E-state index in [9.17, 15) is 14.4 Å². The second-order valence-corrected chi connectivity index (χ2v) is 6.08. The van der Waals surface area contributed by atoms with Crippen LogP contribution in [0.3, 0.4) is 0 Å². The summed E-state index contributed by atoms with van der Waals surface area (Å²) in [7, 11) is 0. The van der Waals surface area contributed by atoms with Gasteiger partial charge in [0.25, 0.3) is 0 Å². The van der Waals surface area contributed by atoms with Gasteiger partial charge in [-0.05, 0) is 26.2 Å². The second kappa shape index (κ2) is 6.56. The maximum Gasteiger partial charge on any atom is 0.317 e. The fourth-order valence-corrected chi connectivity index (χ4v) is 3.43. The lowest BCUT2D eigenvalue weighted by molar-refractivity contribution is -0.143. The average Bonchev–Trinajstić information content (AvgIpc) is 3.04. The summed E-state index contributed by atoms with van der Waals surface area (Å²) in [6.45, 7) is 3.63. The van der Waals surface area contributed by atoms with Crippen molar-refractivity contribution < 1.29 is 19.5 Å². The number of amides is 2. The van der Waals surface area contributed by atoms with Gasteiger partial charge >= 0.3 is 5.97 Å². The van der Waals surface area contributed by atoms with Crippen molar-refractivity contribution in [2.45, 2.75) is 70.5 Å². The standard InChI is InChI=1S/C15H24N2O4/c1-3-10(2)17-13(18)8-12(15(17)21)16(9-14(19)20)11-6-4-5-7-11/h10-12H,3-9H2,1-2H3,(H,19,20). The van der Waals surface area contributed by atoms with Crippen LogP contribution >= 0.6 is 0 Å². The van der Waals surface area contributed by atoms with Crippen molar-refractivity contribution >= 4 is 17.8 Å². The van der Waals surface area contributed by atoms with Crippen molar-refractivity contribution in [3.8, 4) is 0 Å². The summed E-state index contributed by atoms with van der Waals surface area (Å²) < 4.78 is 0. The van der Waals surface area contributed by atoms with E-state index in [2.05, 4.69) is 0 Å². The average molecular weight is 296 g/mol. The van der Waals surface area contributed by atoms with E-state index in [1.165, 1.54) is 4.90 Å². The predicted molar refractivity (Wildman–Crippen MR) is 76.6 cm³/mol. The van der Waals surface area contributed by atoms with Crippen LogP contribution in [0.4, 0.5) is 0 Å². The van der Waals surface area contributed by atoms with Gasteiger partial charge in [-0.2, -0.15) is 0 Å². The summed E-state index contributed by atoms with van der Waals surface area (Å²) in [5.41, 5.74) is 0. The summed E-state index contributed by atoms with van der Waals surface area (Å²) in [4.78, 5) is 38.9. The van der Waals surface area contributed by atoms with Crippen LogP contribution in [0, 0.1) is 0 Å². The van der Waals surface area contributed by atoms with Crippen LogP contribution in [0.2, 0.25) is 0 Å². The van der Waals surface area contributed by atoms with E-state index in [4.69, 9.17) is 5.11 Å². The summed E-state index contributed by atoms with van der Waals surface area (Å²) in [5, 5.41) is 9.13. The molecule has 21 heavy (non-hydrogen) atoms. The van der Waals surface area contributed by atoms with Crippen LogP contribution < -0.4 is 0 Å². The van der Waals surface area contributed by atoms with Crippen LogP contribution in [0.15, 0.2) is 0 Å². The summed E-state index contributed by atoms with van der Waals surface area (Å²) in [5.74, 6) is -1.33. The largest absolute Gasteiger partial charge is 0.480 e. The lowest BCUT2D eigenvalue weighted by atomic mass is 10.1. The smallest absolute Gasteiger partial charge is 0.317 e. The molecule has 0 bridgehead atoms. The monoisotopic (exact) mass is 296 g/mol. The third kappa shape index (κ3) is 3.26. The first-order valence-electron chi connectivity index (χ1n) is 7.79. The Morgan fingerprint density at radius 1 is 1.38 bits per heavy atom. The highest BCUT2D eigenvalue weighted by Crippen LogP contribution is 2.30. The van der Waals surface area contributed by atoms with Gasteiger partial charge in [0.2, 0.25) is 11.8 Å². The van der Waals surface area contributed by atoms with Gasteiger partial charge in [-0.3, -0.25) is 24.2 Å². The Kier molecular flexibility index (Phi) is 4.98. The van der Waals surface area contributed by atoms with Crippen LogP contribution in [-0.4, -0.2) is 57.4 Å². The Bertz CT molecular complexity index is 431. The van der Waals surface area contributed by atoms with E-state index in [-0.39, 0.29) is 36.9 Å². The number of hydrogen-bond donors (Lipinski definition) is 1. The first-order chi connectivity index (χ1) is 9.95. The Hall–Kier alpha value is -1.43. The predicted octanol–water partition coefficient (Wildman–Crippen LogP) is 1.24. The number of carboxylic acid groups (broad SMARTS) is 1. The van der Waals surface area contributed by atoms with E-state index >= 15 is 0 Å². The van der Waals surface area contributed by atoms with Crippen molar-refractivity contribution in [2.75, 3.05) is 6.54 Å². The zero-order chi connectivity index (χ0) is 15.6. The van der Waals surface area contributed by atoms with E-state index in [1.54, 1.807) is 4.90 Å². The van der Waals surface area contributed by atoms with Crippen molar-refractivity contribution in [3.05, 3.63) is 0 Å². The SMILES string of the molecule is CCC(C)N1C(=O)CC(N(CC(=O)O)C2CCCC2)C1=O. The molecule has 0 aromatic rings. The van der Waals surface area contributed by atoms with E-state index in [0.717, 1.165) is 25.7 Å². The quantitative estimate of drug-likeness (QED) is 0.746. The third-order valence-corrected chi connectivity index (χ3v) is 4.70. The molecule has 2 atom stereocenters. The van der Waals surface area contributed by atoms with Crippen molar-refractivity contribution in [1.82, 2.24) is 9.80 Å². The molecule has 2 aliphatic rings. The highest BCUT2D eigenvalue weighted by Gasteiger charge is 2.46. The van der Waals surface area contributed by atoms with Gasteiger partial charge in [0.15, 0.2) is 0 Å². The van der Waals surface area contributed by atoms with Crippen LogP contribution in [0.25, 0.3) is 0 Å². The molecule has 1 saturated carbocycles. The Balaban J connectivity index is 2.18. The molecule has 2 fully saturated rings. The van der Waals surface area contributed by atoms with Crippen LogP contribution in [-0.2, 0) is 14.4 Å². The number of carboxylic acids is 1. The number of carbonyl (C=O) groups excluding carboxylic acids is 2. The molecule has 1 heterocycles. The fourth-order valence-electron chi connectivity index (χ4n) is 3.43. The maximum absolute atomic E-state index is 12.6. The molecule has 1 N–H and O–H groups in total. The molecule has 1 aliphatic carbocycles. The number of carbonyl (C=O) groups is 3. The topological polar surface area (TPSA) is 77.9 Å². The number of rotatable bonds is 6. The molecule has 6 heteroatoms. The van der Waals surface area contributed by atoms with Crippen molar-refractivity contribution in [3.63, 3.8) is 0 Å². The Morgan fingerprint density at radius 2 is 2.00 bits per heavy atom. The molecule has 0 aromatic heterocycles. The summed E-state index contributed by atoms with van der Waals surface area (Å²) >= 11 is 0. The zero-order valence-electron chi connectivity index (χ0n) is 12.7. The minimum absolute atomic E-state index is 0.111. The zero-order valence-corrected chi connectivity index (χ0v) is 12.7. The molecule has 2 rings (SSSR count). The molecule has 1 aliphatic heterocycles. The van der Waals surface area contributed by atoms with Gasteiger partial charge in [0.05, 0.1) is 19.0 Å². The van der Waals surface area contributed by atoms with Crippen molar-refractivity contribution in [1.29, 1.82) is 0 Å². The lowest BCUT2D eigenvalue weighted by Gasteiger charge is -2.32. The molecular formula is C15H24N2O4. The molecule has 118 valence electrons. The minimum atomic E-state index is -0.941. The van der Waals surface area contributed by atoms with E-state index in [1.807, 2.05) is 13.8 Å². The molecule has 2 unspecified atom stereocenters. The molecule has 0 aromatic carbocycles. The van der Waals surface area contributed by atoms with E-state index < -0.39 is 12.0 Å². The molecule has 2 amide bonds. The van der Waals surface area contributed by atoms with Gasteiger partial charge in [-0.1, -0.05) is 19.8 Å².